The standard InChI is InChI=1S/C17H15ClN2S/c1-11-2-7-15-16(8-11)21-17(20-15)13(10-19)9-12-3-5-14(18)6-4-12/h3-6,9,11H,2,7-8H2,1H3/b13-9+/t11-/m0/s1. The van der Waals surface area contributed by atoms with Crippen molar-refractivity contribution in [3.63, 3.8) is 0 Å². The van der Waals surface area contributed by atoms with Gasteiger partial charge in [-0.1, -0.05) is 30.7 Å². The third-order valence-electron chi connectivity index (χ3n) is 3.72. The molecule has 0 spiro atoms. The molecule has 1 aromatic carbocycles. The molecule has 1 heterocycles. The minimum absolute atomic E-state index is 0.629. The molecule has 0 bridgehead atoms. The number of hydrogen-bond donors (Lipinski definition) is 0. The third kappa shape index (κ3) is 3.18. The Kier molecular flexibility index (Phi) is 4.10. The maximum absolute atomic E-state index is 9.43. The Morgan fingerprint density at radius 1 is 1.43 bits per heavy atom. The predicted octanol–water partition coefficient (Wildman–Crippen LogP) is 4.99. The van der Waals surface area contributed by atoms with E-state index in [1.807, 2.05) is 30.3 Å². The predicted molar refractivity (Wildman–Crippen MR) is 88.2 cm³/mol. The number of aromatic nitrogens is 1. The number of thiazole rings is 1. The van der Waals surface area contributed by atoms with Gasteiger partial charge in [-0.15, -0.1) is 11.3 Å². The van der Waals surface area contributed by atoms with Crippen molar-refractivity contribution in [3.8, 4) is 6.07 Å². The number of nitriles is 1. The first-order valence-corrected chi connectivity index (χ1v) is 8.21. The van der Waals surface area contributed by atoms with Crippen molar-refractivity contribution in [3.05, 3.63) is 50.4 Å². The van der Waals surface area contributed by atoms with Crippen LogP contribution in [0, 0.1) is 17.2 Å². The Bertz CT molecular complexity index is 722. The van der Waals surface area contributed by atoms with Gasteiger partial charge < -0.3 is 0 Å². The highest BCUT2D eigenvalue weighted by Crippen LogP contribution is 2.33. The Morgan fingerprint density at radius 3 is 2.90 bits per heavy atom. The first-order chi connectivity index (χ1) is 10.2. The molecule has 1 aliphatic carbocycles. The molecule has 1 atom stereocenters. The van der Waals surface area contributed by atoms with Crippen molar-refractivity contribution in [1.82, 2.24) is 4.98 Å². The Labute approximate surface area is 133 Å². The van der Waals surface area contributed by atoms with Crippen molar-refractivity contribution in [2.24, 2.45) is 5.92 Å². The van der Waals surface area contributed by atoms with Crippen molar-refractivity contribution in [1.29, 1.82) is 5.26 Å². The summed E-state index contributed by atoms with van der Waals surface area (Å²) < 4.78 is 0. The van der Waals surface area contributed by atoms with Crippen molar-refractivity contribution in [2.75, 3.05) is 0 Å². The maximum atomic E-state index is 9.43. The molecule has 0 unspecified atom stereocenters. The van der Waals surface area contributed by atoms with Gasteiger partial charge in [-0.05, 0) is 49.0 Å². The van der Waals surface area contributed by atoms with Gasteiger partial charge in [0.15, 0.2) is 0 Å². The molecular formula is C17H15ClN2S. The zero-order valence-corrected chi connectivity index (χ0v) is 13.3. The number of allylic oxidation sites excluding steroid dienone is 1. The molecule has 0 amide bonds. The van der Waals surface area contributed by atoms with E-state index in [4.69, 9.17) is 11.6 Å². The molecule has 21 heavy (non-hydrogen) atoms. The maximum Gasteiger partial charge on any atom is 0.134 e. The molecule has 0 radical (unpaired) electrons. The van der Waals surface area contributed by atoms with E-state index in [0.29, 0.717) is 10.6 Å². The van der Waals surface area contributed by atoms with Crippen LogP contribution in [0.4, 0.5) is 0 Å². The number of aryl methyl sites for hydroxylation is 1. The van der Waals surface area contributed by atoms with Crippen molar-refractivity contribution in [2.45, 2.75) is 26.2 Å². The summed E-state index contributed by atoms with van der Waals surface area (Å²) in [5, 5.41) is 11.0. The number of benzene rings is 1. The lowest BCUT2D eigenvalue weighted by atomic mass is 9.93. The monoisotopic (exact) mass is 314 g/mol. The second kappa shape index (κ2) is 6.01. The van der Waals surface area contributed by atoms with E-state index in [2.05, 4.69) is 18.0 Å². The van der Waals surface area contributed by atoms with Gasteiger partial charge in [-0.3, -0.25) is 0 Å². The molecule has 2 aromatic rings. The molecule has 0 saturated heterocycles. The number of nitrogens with zero attached hydrogens (tertiary/aromatic N) is 2. The van der Waals surface area contributed by atoms with Gasteiger partial charge in [-0.2, -0.15) is 5.26 Å². The largest absolute Gasteiger partial charge is 0.240 e. The van der Waals surface area contributed by atoms with E-state index < -0.39 is 0 Å². The van der Waals surface area contributed by atoms with E-state index in [1.54, 1.807) is 11.3 Å². The molecule has 0 saturated carbocycles. The smallest absolute Gasteiger partial charge is 0.134 e. The third-order valence-corrected chi connectivity index (χ3v) is 5.12. The highest BCUT2D eigenvalue weighted by Gasteiger charge is 2.20. The van der Waals surface area contributed by atoms with Gasteiger partial charge in [-0.25, -0.2) is 4.98 Å². The van der Waals surface area contributed by atoms with Crippen LogP contribution in [-0.2, 0) is 12.8 Å². The number of halogens is 1. The molecule has 0 fully saturated rings. The topological polar surface area (TPSA) is 36.7 Å². The lowest BCUT2D eigenvalue weighted by Gasteiger charge is -2.15. The van der Waals surface area contributed by atoms with E-state index in [0.717, 1.165) is 29.3 Å². The number of fused-ring (bicyclic) bond motifs is 1. The zero-order valence-electron chi connectivity index (χ0n) is 11.8. The van der Waals surface area contributed by atoms with Gasteiger partial charge in [0.1, 0.15) is 11.1 Å². The summed E-state index contributed by atoms with van der Waals surface area (Å²) in [6.07, 6.45) is 5.20. The summed E-state index contributed by atoms with van der Waals surface area (Å²) in [5.74, 6) is 0.719. The highest BCUT2D eigenvalue weighted by atomic mass is 35.5. The van der Waals surface area contributed by atoms with Gasteiger partial charge in [0, 0.05) is 9.90 Å². The first kappa shape index (κ1) is 14.3. The summed E-state index contributed by atoms with van der Waals surface area (Å²) in [7, 11) is 0. The van der Waals surface area contributed by atoms with E-state index in [9.17, 15) is 5.26 Å². The second-order valence-electron chi connectivity index (χ2n) is 5.46. The van der Waals surface area contributed by atoms with Gasteiger partial charge >= 0.3 is 0 Å². The lowest BCUT2D eigenvalue weighted by molar-refractivity contribution is 0.502. The molecule has 106 valence electrons. The molecule has 0 aliphatic heterocycles. The SMILES string of the molecule is C[C@H]1CCc2nc(/C(C#N)=C/c3ccc(Cl)cc3)sc2C1. The van der Waals surface area contributed by atoms with Crippen LogP contribution in [0.25, 0.3) is 11.6 Å². The average Bonchev–Trinajstić information content (AvgIpc) is 2.89. The van der Waals surface area contributed by atoms with Gasteiger partial charge in [0.25, 0.3) is 0 Å². The van der Waals surface area contributed by atoms with Crippen molar-refractivity contribution < 1.29 is 0 Å². The first-order valence-electron chi connectivity index (χ1n) is 7.02. The Hall–Kier alpha value is -1.63. The summed E-state index contributed by atoms with van der Waals surface area (Å²) in [6, 6.07) is 9.76. The number of rotatable bonds is 2. The molecule has 1 aromatic heterocycles. The van der Waals surface area contributed by atoms with E-state index in [-0.39, 0.29) is 0 Å². The van der Waals surface area contributed by atoms with Crippen LogP contribution in [0.15, 0.2) is 24.3 Å². The van der Waals surface area contributed by atoms with Crippen LogP contribution in [0.1, 0.15) is 34.5 Å². The van der Waals surface area contributed by atoms with E-state index in [1.165, 1.54) is 17.0 Å². The fourth-order valence-corrected chi connectivity index (χ4v) is 3.89. The van der Waals surface area contributed by atoms with Crippen LogP contribution < -0.4 is 0 Å². The zero-order chi connectivity index (χ0) is 14.8. The summed E-state index contributed by atoms with van der Waals surface area (Å²) >= 11 is 7.55. The molecule has 4 heteroatoms. The van der Waals surface area contributed by atoms with Gasteiger partial charge in [0.05, 0.1) is 11.3 Å². The lowest BCUT2D eigenvalue weighted by Crippen LogP contribution is -2.09. The second-order valence-corrected chi connectivity index (χ2v) is 6.98. The van der Waals surface area contributed by atoms with E-state index >= 15 is 0 Å². The fraction of sp³-hybridized carbons (Fsp3) is 0.294. The summed E-state index contributed by atoms with van der Waals surface area (Å²) in [6.45, 7) is 2.27. The van der Waals surface area contributed by atoms with Gasteiger partial charge in [0.2, 0.25) is 0 Å². The summed E-state index contributed by atoms with van der Waals surface area (Å²) in [4.78, 5) is 6.02. The highest BCUT2D eigenvalue weighted by molar-refractivity contribution is 7.13. The van der Waals surface area contributed by atoms with Crippen LogP contribution in [-0.4, -0.2) is 4.98 Å². The van der Waals surface area contributed by atoms with Crippen LogP contribution in [0.5, 0.6) is 0 Å². The molecule has 3 rings (SSSR count). The fourth-order valence-electron chi connectivity index (χ4n) is 2.52. The van der Waals surface area contributed by atoms with Crippen LogP contribution in [0.2, 0.25) is 5.02 Å². The summed E-state index contributed by atoms with van der Waals surface area (Å²) in [5.41, 5.74) is 2.78. The quantitative estimate of drug-likeness (QED) is 0.732. The normalized spacial score (nSPS) is 18.1. The molecule has 1 aliphatic rings. The minimum atomic E-state index is 0.629. The molecule has 0 N–H and O–H groups in total. The Morgan fingerprint density at radius 2 is 2.19 bits per heavy atom. The average molecular weight is 315 g/mol. The Balaban J connectivity index is 1.94. The van der Waals surface area contributed by atoms with Crippen LogP contribution in [0.3, 0.4) is 0 Å². The minimum Gasteiger partial charge on any atom is -0.240 e. The number of hydrogen-bond acceptors (Lipinski definition) is 3. The van der Waals surface area contributed by atoms with Crippen LogP contribution >= 0.6 is 22.9 Å². The van der Waals surface area contributed by atoms with Crippen molar-refractivity contribution >= 4 is 34.6 Å². The molecule has 2 nitrogen and oxygen atoms in total. The molecular weight excluding hydrogens is 300 g/mol.